The van der Waals surface area contributed by atoms with Crippen LogP contribution >= 0.6 is 12.4 Å². The van der Waals surface area contributed by atoms with Crippen molar-refractivity contribution in [3.8, 4) is 5.75 Å². The fraction of sp³-hybridized carbons (Fsp3) is 0.381. The molecule has 148 valence electrons. The van der Waals surface area contributed by atoms with Crippen LogP contribution in [-0.2, 0) is 11.2 Å². The second-order valence-electron chi connectivity index (χ2n) is 5.90. The summed E-state index contributed by atoms with van der Waals surface area (Å²) < 4.78 is 10.9. The molecule has 0 radical (unpaired) electrons. The number of nitrogens with zero attached hydrogens (tertiary/aromatic N) is 1. The monoisotopic (exact) mass is 392 g/mol. The van der Waals surface area contributed by atoms with Crippen LogP contribution in [0.5, 0.6) is 5.75 Å². The van der Waals surface area contributed by atoms with Gasteiger partial charge >= 0.3 is 6.09 Å². The summed E-state index contributed by atoms with van der Waals surface area (Å²) in [6.07, 6.45) is 0.254. The van der Waals surface area contributed by atoms with E-state index in [9.17, 15) is 4.79 Å². The molecule has 1 amide bonds. The first-order valence-electron chi connectivity index (χ1n) is 9.14. The topological polar surface area (TPSA) is 50.8 Å². The summed E-state index contributed by atoms with van der Waals surface area (Å²) in [6, 6.07) is 17.3. The zero-order valence-electron chi connectivity index (χ0n) is 16.0. The minimum Gasteiger partial charge on any atom is -0.492 e. The molecule has 0 saturated carbocycles. The lowest BCUT2D eigenvalue weighted by atomic mass is 10.2. The van der Waals surface area contributed by atoms with E-state index in [0.717, 1.165) is 30.9 Å². The van der Waals surface area contributed by atoms with E-state index < -0.39 is 6.09 Å². The number of nitrogens with one attached hydrogen (secondary N) is 1. The van der Waals surface area contributed by atoms with Crippen molar-refractivity contribution in [2.75, 3.05) is 38.2 Å². The van der Waals surface area contributed by atoms with Gasteiger partial charge in [0.1, 0.15) is 12.4 Å². The number of amides is 1. The van der Waals surface area contributed by atoms with Crippen LogP contribution in [0, 0.1) is 0 Å². The first-order chi connectivity index (χ1) is 12.7. The van der Waals surface area contributed by atoms with E-state index in [4.69, 9.17) is 9.47 Å². The maximum atomic E-state index is 11.8. The second kappa shape index (κ2) is 13.0. The van der Waals surface area contributed by atoms with Crippen molar-refractivity contribution >= 4 is 24.2 Å². The van der Waals surface area contributed by atoms with Crippen molar-refractivity contribution in [3.05, 3.63) is 60.2 Å². The zero-order chi connectivity index (χ0) is 18.6. The lowest BCUT2D eigenvalue weighted by Crippen LogP contribution is -2.27. The van der Waals surface area contributed by atoms with Crippen molar-refractivity contribution < 1.29 is 14.3 Å². The number of rotatable bonds is 10. The number of carbonyl (C=O) groups is 1. The number of ether oxygens (including phenoxy) is 2. The molecule has 2 rings (SSSR count). The largest absolute Gasteiger partial charge is 0.492 e. The average Bonchev–Trinajstić information content (AvgIpc) is 2.67. The highest BCUT2D eigenvalue weighted by Gasteiger charge is 2.04. The van der Waals surface area contributed by atoms with E-state index in [1.54, 1.807) is 0 Å². The van der Waals surface area contributed by atoms with Gasteiger partial charge in [0, 0.05) is 18.7 Å². The number of hydrogen-bond acceptors (Lipinski definition) is 4. The van der Waals surface area contributed by atoms with Gasteiger partial charge in [-0.2, -0.15) is 0 Å². The molecule has 6 heteroatoms. The van der Waals surface area contributed by atoms with Gasteiger partial charge in [-0.15, -0.1) is 12.4 Å². The highest BCUT2D eigenvalue weighted by atomic mass is 35.5. The van der Waals surface area contributed by atoms with Crippen molar-refractivity contribution in [2.45, 2.75) is 20.3 Å². The molecular formula is C21H29ClN2O3. The first-order valence-corrected chi connectivity index (χ1v) is 9.14. The fourth-order valence-corrected chi connectivity index (χ4v) is 2.53. The molecule has 0 fully saturated rings. The van der Waals surface area contributed by atoms with E-state index in [0.29, 0.717) is 25.3 Å². The van der Waals surface area contributed by atoms with Crippen molar-refractivity contribution in [3.63, 3.8) is 0 Å². The summed E-state index contributed by atoms with van der Waals surface area (Å²) in [4.78, 5) is 14.1. The first kappa shape index (κ1) is 22.8. The van der Waals surface area contributed by atoms with Crippen LogP contribution in [0.15, 0.2) is 54.6 Å². The third-order valence-corrected chi connectivity index (χ3v) is 4.14. The smallest absolute Gasteiger partial charge is 0.411 e. The minimum absolute atomic E-state index is 0. The Bertz CT molecular complexity index is 646. The van der Waals surface area contributed by atoms with Crippen LogP contribution in [0.25, 0.3) is 0 Å². The molecular weight excluding hydrogens is 364 g/mol. The van der Waals surface area contributed by atoms with Gasteiger partial charge in [-0.1, -0.05) is 44.2 Å². The third kappa shape index (κ3) is 8.80. The van der Waals surface area contributed by atoms with Gasteiger partial charge in [-0.25, -0.2) is 4.79 Å². The molecule has 0 spiro atoms. The Morgan fingerprint density at radius 1 is 0.963 bits per heavy atom. The number of anilines is 1. The quantitative estimate of drug-likeness (QED) is 0.641. The molecule has 0 aromatic heterocycles. The number of carbonyl (C=O) groups excluding carboxylic acids is 1. The fourth-order valence-electron chi connectivity index (χ4n) is 2.53. The van der Waals surface area contributed by atoms with E-state index >= 15 is 0 Å². The standard InChI is InChI=1S/C21H28N2O3.ClH/c1-3-23(4-2)15-17-25-20-12-10-19(11-13-20)22-21(24)26-16-14-18-8-6-5-7-9-18;/h5-13H,3-4,14-17H2,1-2H3,(H,22,24);1H. The van der Waals surface area contributed by atoms with Crippen molar-refractivity contribution in [1.29, 1.82) is 0 Å². The molecule has 1 N–H and O–H groups in total. The Labute approximate surface area is 168 Å². The molecule has 0 atom stereocenters. The minimum atomic E-state index is -0.448. The number of likely N-dealkylation sites (N-methyl/N-ethyl adjacent to an activating group) is 1. The summed E-state index contributed by atoms with van der Waals surface area (Å²) in [7, 11) is 0. The summed E-state index contributed by atoms with van der Waals surface area (Å²) in [6.45, 7) is 8.23. The third-order valence-electron chi connectivity index (χ3n) is 4.14. The molecule has 0 heterocycles. The summed E-state index contributed by atoms with van der Waals surface area (Å²) in [5.41, 5.74) is 1.83. The van der Waals surface area contributed by atoms with Gasteiger partial charge in [0.05, 0.1) is 6.61 Å². The number of halogens is 1. The second-order valence-corrected chi connectivity index (χ2v) is 5.90. The van der Waals surface area contributed by atoms with E-state index in [1.165, 1.54) is 0 Å². The summed E-state index contributed by atoms with van der Waals surface area (Å²) in [5, 5.41) is 2.72. The van der Waals surface area contributed by atoms with Gasteiger partial charge in [0.15, 0.2) is 0 Å². The van der Waals surface area contributed by atoms with E-state index in [-0.39, 0.29) is 12.4 Å². The molecule has 0 aliphatic carbocycles. The average molecular weight is 393 g/mol. The van der Waals surface area contributed by atoms with Crippen LogP contribution in [0.4, 0.5) is 10.5 Å². The maximum absolute atomic E-state index is 11.8. The Kier molecular flexibility index (Phi) is 11.0. The number of benzene rings is 2. The SMILES string of the molecule is CCN(CC)CCOc1ccc(NC(=O)OCCc2ccccc2)cc1.Cl. The predicted octanol–water partition coefficient (Wildman–Crippen LogP) is 4.62. The Morgan fingerprint density at radius 2 is 1.63 bits per heavy atom. The van der Waals surface area contributed by atoms with Crippen LogP contribution in [-0.4, -0.2) is 43.8 Å². The Morgan fingerprint density at radius 3 is 2.26 bits per heavy atom. The highest BCUT2D eigenvalue weighted by Crippen LogP contribution is 2.16. The van der Waals surface area contributed by atoms with Gasteiger partial charge in [-0.05, 0) is 42.9 Å². The predicted molar refractivity (Wildman–Crippen MR) is 112 cm³/mol. The zero-order valence-corrected chi connectivity index (χ0v) is 16.8. The Hall–Kier alpha value is -2.24. The van der Waals surface area contributed by atoms with E-state index in [1.807, 2.05) is 54.6 Å². The molecule has 0 bridgehead atoms. The van der Waals surface area contributed by atoms with E-state index in [2.05, 4.69) is 24.1 Å². The molecule has 2 aromatic rings. The van der Waals surface area contributed by atoms with Crippen LogP contribution in [0.2, 0.25) is 0 Å². The van der Waals surface area contributed by atoms with Gasteiger partial charge < -0.3 is 14.4 Å². The van der Waals surface area contributed by atoms with Gasteiger partial charge in [-0.3, -0.25) is 5.32 Å². The van der Waals surface area contributed by atoms with Crippen molar-refractivity contribution in [1.82, 2.24) is 4.90 Å². The maximum Gasteiger partial charge on any atom is 0.411 e. The highest BCUT2D eigenvalue weighted by molar-refractivity contribution is 5.85. The lowest BCUT2D eigenvalue weighted by molar-refractivity contribution is 0.163. The van der Waals surface area contributed by atoms with Crippen LogP contribution < -0.4 is 10.1 Å². The van der Waals surface area contributed by atoms with Gasteiger partial charge in [0.25, 0.3) is 0 Å². The summed E-state index contributed by atoms with van der Waals surface area (Å²) in [5.74, 6) is 0.792. The molecule has 0 unspecified atom stereocenters. The summed E-state index contributed by atoms with van der Waals surface area (Å²) >= 11 is 0. The molecule has 27 heavy (non-hydrogen) atoms. The van der Waals surface area contributed by atoms with Crippen LogP contribution in [0.3, 0.4) is 0 Å². The van der Waals surface area contributed by atoms with Crippen LogP contribution in [0.1, 0.15) is 19.4 Å². The molecule has 5 nitrogen and oxygen atoms in total. The Balaban J connectivity index is 0.00000364. The molecule has 0 aliphatic rings. The molecule has 0 saturated heterocycles. The lowest BCUT2D eigenvalue weighted by Gasteiger charge is -2.18. The normalized spacial score (nSPS) is 10.2. The van der Waals surface area contributed by atoms with Crippen molar-refractivity contribution in [2.24, 2.45) is 0 Å². The van der Waals surface area contributed by atoms with Gasteiger partial charge in [0.2, 0.25) is 0 Å². The molecule has 0 aliphatic heterocycles. The number of hydrogen-bond donors (Lipinski definition) is 1. The molecule has 2 aromatic carbocycles.